The zero-order chi connectivity index (χ0) is 17.9. The molecule has 0 saturated carbocycles. The average molecular weight is 347 g/mol. The van der Waals surface area contributed by atoms with Crippen molar-refractivity contribution in [3.8, 4) is 0 Å². The fraction of sp³-hybridized carbons (Fsp3) is 0.318. The van der Waals surface area contributed by atoms with E-state index in [-0.39, 0.29) is 5.91 Å². The van der Waals surface area contributed by atoms with Gasteiger partial charge in [0.15, 0.2) is 0 Å². The molecular weight excluding hydrogens is 322 g/mol. The Morgan fingerprint density at radius 3 is 2.81 bits per heavy atom. The van der Waals surface area contributed by atoms with Crippen LogP contribution in [0.25, 0.3) is 10.8 Å². The van der Waals surface area contributed by atoms with Gasteiger partial charge in [-0.1, -0.05) is 42.5 Å². The third-order valence-corrected chi connectivity index (χ3v) is 5.31. The van der Waals surface area contributed by atoms with Crippen molar-refractivity contribution in [1.29, 1.82) is 0 Å². The molecule has 4 rings (SSSR count). The van der Waals surface area contributed by atoms with Crippen LogP contribution in [-0.2, 0) is 24.4 Å². The Bertz CT molecular complexity index is 909. The number of aromatic nitrogens is 1. The molecule has 0 fully saturated rings. The Balaban J connectivity index is 1.61. The maximum atomic E-state index is 11.9. The topological polar surface area (TPSA) is 37.3 Å². The number of rotatable bonds is 4. The van der Waals surface area contributed by atoms with Crippen molar-refractivity contribution in [1.82, 2.24) is 14.8 Å². The van der Waals surface area contributed by atoms with E-state index in [4.69, 9.17) is 0 Å². The highest BCUT2D eigenvalue weighted by Crippen LogP contribution is 2.24. The molecule has 1 aliphatic heterocycles. The molecule has 0 aliphatic carbocycles. The number of benzene rings is 2. The Morgan fingerprint density at radius 1 is 1.08 bits per heavy atom. The molecule has 0 saturated heterocycles. The van der Waals surface area contributed by atoms with Gasteiger partial charge in [0.1, 0.15) is 0 Å². The summed E-state index contributed by atoms with van der Waals surface area (Å²) >= 11 is 0. The summed E-state index contributed by atoms with van der Waals surface area (Å²) in [4.78, 5) is 14.4. The molecule has 0 bridgehead atoms. The van der Waals surface area contributed by atoms with E-state index in [1.165, 1.54) is 22.0 Å². The zero-order valence-electron chi connectivity index (χ0n) is 15.2. The number of carbonyl (C=O) groups excluding carboxylic acids is 1. The summed E-state index contributed by atoms with van der Waals surface area (Å²) in [7, 11) is 1.72. The predicted octanol–water partition coefficient (Wildman–Crippen LogP) is 3.41. The van der Waals surface area contributed by atoms with E-state index in [0.717, 1.165) is 26.2 Å². The zero-order valence-corrected chi connectivity index (χ0v) is 15.2. The van der Waals surface area contributed by atoms with E-state index in [0.29, 0.717) is 12.3 Å². The Labute approximate surface area is 154 Å². The molecule has 1 N–H and O–H groups in total. The van der Waals surface area contributed by atoms with Gasteiger partial charge in [-0.3, -0.25) is 9.69 Å². The van der Waals surface area contributed by atoms with Gasteiger partial charge in [0.2, 0.25) is 5.91 Å². The Kier molecular flexibility index (Phi) is 4.76. The normalized spacial score (nSPS) is 17.7. The number of fused-ring (bicyclic) bond motifs is 2. The van der Waals surface area contributed by atoms with Crippen LogP contribution in [0.15, 0.2) is 60.8 Å². The molecule has 1 atom stereocenters. The molecule has 26 heavy (non-hydrogen) atoms. The minimum Gasteiger partial charge on any atom is -0.359 e. The van der Waals surface area contributed by atoms with E-state index in [2.05, 4.69) is 75.6 Å². The smallest absolute Gasteiger partial charge is 0.220 e. The molecule has 0 unspecified atom stereocenters. The van der Waals surface area contributed by atoms with Gasteiger partial charge < -0.3 is 9.88 Å². The van der Waals surface area contributed by atoms with E-state index in [1.807, 2.05) is 0 Å². The summed E-state index contributed by atoms with van der Waals surface area (Å²) in [6.45, 7) is 3.65. The summed E-state index contributed by atoms with van der Waals surface area (Å²) < 4.78 is 2.30. The van der Waals surface area contributed by atoms with Gasteiger partial charge in [0.25, 0.3) is 0 Å². The van der Waals surface area contributed by atoms with Gasteiger partial charge >= 0.3 is 0 Å². The lowest BCUT2D eigenvalue weighted by Crippen LogP contribution is -2.31. The molecule has 0 spiro atoms. The van der Waals surface area contributed by atoms with E-state index in [1.54, 1.807) is 7.05 Å². The molecule has 2 heterocycles. The lowest BCUT2D eigenvalue weighted by Gasteiger charge is -2.24. The molecule has 3 aromatic rings. The van der Waals surface area contributed by atoms with Crippen LogP contribution in [0.1, 0.15) is 17.7 Å². The van der Waals surface area contributed by atoms with Crippen molar-refractivity contribution < 1.29 is 4.79 Å². The van der Waals surface area contributed by atoms with Gasteiger partial charge in [-0.25, -0.2) is 0 Å². The Hall–Kier alpha value is -2.59. The molecular formula is C22H25N3O. The van der Waals surface area contributed by atoms with Crippen molar-refractivity contribution in [2.24, 2.45) is 5.92 Å². The second-order valence-corrected chi connectivity index (χ2v) is 7.20. The molecule has 134 valence electrons. The quantitative estimate of drug-likeness (QED) is 0.785. The highest BCUT2D eigenvalue weighted by atomic mass is 16.1. The molecule has 1 amide bonds. The first-order valence-electron chi connectivity index (χ1n) is 9.26. The van der Waals surface area contributed by atoms with Gasteiger partial charge in [0.05, 0.1) is 0 Å². The van der Waals surface area contributed by atoms with Crippen LogP contribution in [0.3, 0.4) is 0 Å². The minimum atomic E-state index is 0.121. The summed E-state index contributed by atoms with van der Waals surface area (Å²) in [6, 6.07) is 19.4. The molecule has 1 aliphatic rings. The largest absolute Gasteiger partial charge is 0.359 e. The summed E-state index contributed by atoms with van der Waals surface area (Å²) in [5.74, 6) is 0.439. The SMILES string of the molecule is CNC(=O)C[C@H]1CN(Cc2cccc3ccccc23)Cc2cccn2C1. The lowest BCUT2D eigenvalue weighted by atomic mass is 10.0. The maximum Gasteiger partial charge on any atom is 0.220 e. The van der Waals surface area contributed by atoms with E-state index >= 15 is 0 Å². The first-order valence-corrected chi connectivity index (χ1v) is 9.26. The van der Waals surface area contributed by atoms with E-state index < -0.39 is 0 Å². The number of nitrogens with zero attached hydrogens (tertiary/aromatic N) is 2. The first kappa shape index (κ1) is 16.9. The Morgan fingerprint density at radius 2 is 1.92 bits per heavy atom. The summed E-state index contributed by atoms with van der Waals surface area (Å²) in [5.41, 5.74) is 2.67. The minimum absolute atomic E-state index is 0.121. The first-order chi connectivity index (χ1) is 12.7. The van der Waals surface area contributed by atoms with Crippen LogP contribution < -0.4 is 5.32 Å². The molecule has 2 aromatic carbocycles. The third-order valence-electron chi connectivity index (χ3n) is 5.31. The highest BCUT2D eigenvalue weighted by molar-refractivity contribution is 5.85. The van der Waals surface area contributed by atoms with Crippen LogP contribution >= 0.6 is 0 Å². The summed E-state index contributed by atoms with van der Waals surface area (Å²) in [5, 5.41) is 5.37. The van der Waals surface area contributed by atoms with Crippen LogP contribution in [0.5, 0.6) is 0 Å². The van der Waals surface area contributed by atoms with Gasteiger partial charge in [-0.15, -0.1) is 0 Å². The third kappa shape index (κ3) is 3.51. The second-order valence-electron chi connectivity index (χ2n) is 7.20. The number of carbonyl (C=O) groups is 1. The van der Waals surface area contributed by atoms with Crippen LogP contribution in [0, 0.1) is 5.92 Å². The van der Waals surface area contributed by atoms with Crippen LogP contribution in [-0.4, -0.2) is 29.0 Å². The van der Waals surface area contributed by atoms with Crippen molar-refractivity contribution >= 4 is 16.7 Å². The van der Waals surface area contributed by atoms with Crippen LogP contribution in [0.2, 0.25) is 0 Å². The van der Waals surface area contributed by atoms with Crippen LogP contribution in [0.4, 0.5) is 0 Å². The van der Waals surface area contributed by atoms with Gasteiger partial charge in [-0.05, 0) is 34.4 Å². The van der Waals surface area contributed by atoms with Crippen molar-refractivity contribution in [2.45, 2.75) is 26.1 Å². The van der Waals surface area contributed by atoms with Crippen molar-refractivity contribution in [3.63, 3.8) is 0 Å². The fourth-order valence-corrected chi connectivity index (χ4v) is 4.05. The number of nitrogens with one attached hydrogen (secondary N) is 1. The second kappa shape index (κ2) is 7.34. The number of hydrogen-bond acceptors (Lipinski definition) is 2. The molecule has 4 nitrogen and oxygen atoms in total. The predicted molar refractivity (Wildman–Crippen MR) is 105 cm³/mol. The number of amides is 1. The molecule has 0 radical (unpaired) electrons. The van der Waals surface area contributed by atoms with Gasteiger partial charge in [-0.2, -0.15) is 0 Å². The standard InChI is InChI=1S/C22H25N3O/c1-23-22(26)12-17-13-24(16-20-9-5-11-25(20)14-17)15-19-8-4-7-18-6-2-3-10-21(18)19/h2-11,17H,12-16H2,1H3,(H,23,26)/t17-/m0/s1. The fourth-order valence-electron chi connectivity index (χ4n) is 4.05. The van der Waals surface area contributed by atoms with E-state index in [9.17, 15) is 4.79 Å². The number of hydrogen-bond donors (Lipinski definition) is 1. The van der Waals surface area contributed by atoms with Gasteiger partial charge in [0, 0.05) is 51.5 Å². The maximum absolute atomic E-state index is 11.9. The molecule has 1 aromatic heterocycles. The molecule has 4 heteroatoms. The lowest BCUT2D eigenvalue weighted by molar-refractivity contribution is -0.121. The average Bonchev–Trinajstić information content (AvgIpc) is 3.01. The summed E-state index contributed by atoms with van der Waals surface area (Å²) in [6.07, 6.45) is 2.70. The monoisotopic (exact) mass is 347 g/mol. The highest BCUT2D eigenvalue weighted by Gasteiger charge is 2.23. The van der Waals surface area contributed by atoms with Crippen molar-refractivity contribution in [2.75, 3.05) is 13.6 Å². The van der Waals surface area contributed by atoms with Crippen molar-refractivity contribution in [3.05, 3.63) is 72.1 Å².